The summed E-state index contributed by atoms with van der Waals surface area (Å²) in [4.78, 5) is 11.6. The van der Waals surface area contributed by atoms with Gasteiger partial charge in [-0.15, -0.1) is 6.58 Å². The molecule has 0 amide bonds. The summed E-state index contributed by atoms with van der Waals surface area (Å²) in [5, 5.41) is 0. The molecule has 14 heavy (non-hydrogen) atoms. The van der Waals surface area contributed by atoms with E-state index in [1.165, 1.54) is 19.3 Å². The van der Waals surface area contributed by atoms with Gasteiger partial charge < -0.3 is 4.74 Å². The predicted molar refractivity (Wildman–Crippen MR) is 57.2 cm³/mol. The average Bonchev–Trinajstić information content (AvgIpc) is 2.25. The molecular formula is C12H20O2. The molecule has 0 atom stereocenters. The van der Waals surface area contributed by atoms with Crippen LogP contribution < -0.4 is 0 Å². The molecule has 1 aliphatic carbocycles. The second-order valence-corrected chi connectivity index (χ2v) is 3.93. The molecule has 1 rings (SSSR count). The highest BCUT2D eigenvalue weighted by atomic mass is 16.5. The van der Waals surface area contributed by atoms with E-state index in [2.05, 4.69) is 6.58 Å². The Kier molecular flexibility index (Phi) is 5.53. The van der Waals surface area contributed by atoms with E-state index in [9.17, 15) is 4.79 Å². The Labute approximate surface area is 86.3 Å². The zero-order valence-corrected chi connectivity index (χ0v) is 8.84. The maximum Gasteiger partial charge on any atom is 0.161 e. The van der Waals surface area contributed by atoms with Crippen LogP contribution in [-0.4, -0.2) is 19.0 Å². The van der Waals surface area contributed by atoms with E-state index in [4.69, 9.17) is 4.74 Å². The normalized spacial score (nSPS) is 18.0. The van der Waals surface area contributed by atoms with Crippen LogP contribution in [0.1, 0.15) is 38.5 Å². The predicted octanol–water partition coefficient (Wildman–Crippen LogP) is 2.73. The molecule has 0 aliphatic heterocycles. The second-order valence-electron chi connectivity index (χ2n) is 3.93. The van der Waals surface area contributed by atoms with Crippen molar-refractivity contribution >= 4 is 5.78 Å². The summed E-state index contributed by atoms with van der Waals surface area (Å²) in [7, 11) is 0. The maximum absolute atomic E-state index is 11.6. The van der Waals surface area contributed by atoms with Crippen molar-refractivity contribution in [2.24, 2.45) is 5.92 Å². The van der Waals surface area contributed by atoms with Crippen LogP contribution in [0.3, 0.4) is 0 Å². The van der Waals surface area contributed by atoms with Crippen molar-refractivity contribution in [3.8, 4) is 0 Å². The Bertz CT molecular complexity index is 181. The fourth-order valence-corrected chi connectivity index (χ4v) is 1.88. The number of Topliss-reactive ketones (excluding diaryl/α,β-unsaturated/α-hetero) is 1. The van der Waals surface area contributed by atoms with E-state index in [1.54, 1.807) is 0 Å². The molecular weight excluding hydrogens is 176 g/mol. The van der Waals surface area contributed by atoms with Gasteiger partial charge in [-0.25, -0.2) is 0 Å². The Morgan fingerprint density at radius 1 is 1.36 bits per heavy atom. The van der Waals surface area contributed by atoms with Gasteiger partial charge in [-0.1, -0.05) is 25.3 Å². The van der Waals surface area contributed by atoms with E-state index in [1.807, 2.05) is 6.08 Å². The summed E-state index contributed by atoms with van der Waals surface area (Å²) < 4.78 is 5.27. The van der Waals surface area contributed by atoms with Gasteiger partial charge >= 0.3 is 0 Å². The Morgan fingerprint density at radius 3 is 2.71 bits per heavy atom. The number of carbonyl (C=O) groups excluding carboxylic acids is 1. The van der Waals surface area contributed by atoms with Crippen molar-refractivity contribution in [2.45, 2.75) is 38.5 Å². The van der Waals surface area contributed by atoms with Gasteiger partial charge in [0.2, 0.25) is 0 Å². The highest BCUT2D eigenvalue weighted by molar-refractivity contribution is 5.82. The number of hydrogen-bond donors (Lipinski definition) is 0. The molecule has 0 N–H and O–H groups in total. The van der Waals surface area contributed by atoms with Gasteiger partial charge in [0.1, 0.15) is 6.61 Å². The van der Waals surface area contributed by atoms with Crippen LogP contribution in [0.15, 0.2) is 12.7 Å². The quantitative estimate of drug-likeness (QED) is 0.482. The van der Waals surface area contributed by atoms with Crippen LogP contribution in [0.2, 0.25) is 0 Å². The molecule has 2 heteroatoms. The second kappa shape index (κ2) is 6.77. The lowest BCUT2D eigenvalue weighted by Gasteiger charge is -2.19. The van der Waals surface area contributed by atoms with Crippen LogP contribution in [0.25, 0.3) is 0 Å². The molecule has 1 saturated carbocycles. The molecule has 0 aromatic heterocycles. The molecule has 1 aliphatic rings. The fourth-order valence-electron chi connectivity index (χ4n) is 1.88. The SMILES string of the molecule is C=CCCOCC(=O)C1CCCCC1. The molecule has 2 nitrogen and oxygen atoms in total. The lowest BCUT2D eigenvalue weighted by Crippen LogP contribution is -2.22. The Balaban J connectivity index is 2.10. The monoisotopic (exact) mass is 196 g/mol. The molecule has 0 bridgehead atoms. The van der Waals surface area contributed by atoms with Gasteiger partial charge in [0.25, 0.3) is 0 Å². The summed E-state index contributed by atoms with van der Waals surface area (Å²) in [5.74, 6) is 0.584. The van der Waals surface area contributed by atoms with E-state index >= 15 is 0 Å². The Hall–Kier alpha value is -0.630. The van der Waals surface area contributed by atoms with Crippen LogP contribution in [-0.2, 0) is 9.53 Å². The highest BCUT2D eigenvalue weighted by Gasteiger charge is 2.20. The molecule has 0 saturated heterocycles. The van der Waals surface area contributed by atoms with E-state index in [0.717, 1.165) is 19.3 Å². The van der Waals surface area contributed by atoms with Crippen LogP contribution in [0.4, 0.5) is 0 Å². The first kappa shape index (κ1) is 11.4. The van der Waals surface area contributed by atoms with Crippen molar-refractivity contribution in [1.82, 2.24) is 0 Å². The van der Waals surface area contributed by atoms with Gasteiger partial charge in [-0.05, 0) is 19.3 Å². The summed E-state index contributed by atoms with van der Waals surface area (Å²) in [6.07, 6.45) is 8.50. The highest BCUT2D eigenvalue weighted by Crippen LogP contribution is 2.24. The third-order valence-corrected chi connectivity index (χ3v) is 2.77. The van der Waals surface area contributed by atoms with Gasteiger partial charge in [-0.2, -0.15) is 0 Å². The third-order valence-electron chi connectivity index (χ3n) is 2.77. The third kappa shape index (κ3) is 4.05. The van der Waals surface area contributed by atoms with Crippen LogP contribution >= 0.6 is 0 Å². The molecule has 0 aromatic rings. The molecule has 80 valence electrons. The Morgan fingerprint density at radius 2 is 2.07 bits per heavy atom. The van der Waals surface area contributed by atoms with Crippen LogP contribution in [0, 0.1) is 5.92 Å². The van der Waals surface area contributed by atoms with Crippen molar-refractivity contribution in [2.75, 3.05) is 13.2 Å². The summed E-state index contributed by atoms with van der Waals surface area (Å²) in [6, 6.07) is 0. The molecule has 0 heterocycles. The minimum atomic E-state index is 0.285. The van der Waals surface area contributed by atoms with Gasteiger partial charge in [-0.3, -0.25) is 4.79 Å². The summed E-state index contributed by atoms with van der Waals surface area (Å²) >= 11 is 0. The molecule has 0 radical (unpaired) electrons. The largest absolute Gasteiger partial charge is 0.373 e. The first-order valence-corrected chi connectivity index (χ1v) is 5.56. The molecule has 0 aromatic carbocycles. The van der Waals surface area contributed by atoms with Crippen molar-refractivity contribution in [3.63, 3.8) is 0 Å². The number of ether oxygens (including phenoxy) is 1. The van der Waals surface area contributed by atoms with Crippen molar-refractivity contribution < 1.29 is 9.53 Å². The molecule has 1 fully saturated rings. The number of carbonyl (C=O) groups is 1. The van der Waals surface area contributed by atoms with Gasteiger partial charge in [0.05, 0.1) is 6.61 Å². The topological polar surface area (TPSA) is 26.3 Å². The minimum absolute atomic E-state index is 0.285. The minimum Gasteiger partial charge on any atom is -0.373 e. The zero-order chi connectivity index (χ0) is 10.2. The van der Waals surface area contributed by atoms with E-state index in [0.29, 0.717) is 19.0 Å². The van der Waals surface area contributed by atoms with Gasteiger partial charge in [0.15, 0.2) is 5.78 Å². The number of ketones is 1. The molecule has 0 unspecified atom stereocenters. The average molecular weight is 196 g/mol. The van der Waals surface area contributed by atoms with Gasteiger partial charge in [0, 0.05) is 5.92 Å². The summed E-state index contributed by atoms with van der Waals surface area (Å²) in [6.45, 7) is 4.53. The van der Waals surface area contributed by atoms with E-state index < -0.39 is 0 Å². The first-order valence-electron chi connectivity index (χ1n) is 5.56. The van der Waals surface area contributed by atoms with Crippen molar-refractivity contribution in [3.05, 3.63) is 12.7 Å². The zero-order valence-electron chi connectivity index (χ0n) is 8.84. The number of hydrogen-bond acceptors (Lipinski definition) is 2. The standard InChI is InChI=1S/C12H20O2/c1-2-3-9-14-10-12(13)11-7-5-4-6-8-11/h2,11H,1,3-10H2. The van der Waals surface area contributed by atoms with E-state index in [-0.39, 0.29) is 5.92 Å². The van der Waals surface area contributed by atoms with Crippen molar-refractivity contribution in [1.29, 1.82) is 0 Å². The number of rotatable bonds is 6. The van der Waals surface area contributed by atoms with Crippen LogP contribution in [0.5, 0.6) is 0 Å². The maximum atomic E-state index is 11.6. The lowest BCUT2D eigenvalue weighted by molar-refractivity contribution is -0.128. The smallest absolute Gasteiger partial charge is 0.161 e. The molecule has 0 spiro atoms. The lowest BCUT2D eigenvalue weighted by atomic mass is 9.86. The first-order chi connectivity index (χ1) is 6.84. The fraction of sp³-hybridized carbons (Fsp3) is 0.750. The summed E-state index contributed by atoms with van der Waals surface area (Å²) in [5.41, 5.74) is 0.